The summed E-state index contributed by atoms with van der Waals surface area (Å²) in [6.07, 6.45) is 113. The van der Waals surface area contributed by atoms with Crippen molar-refractivity contribution < 1.29 is 37.6 Å². The number of rotatable bonds is 69. The van der Waals surface area contributed by atoms with Gasteiger partial charge in [0.2, 0.25) is 0 Å². The van der Waals surface area contributed by atoms with E-state index in [4.69, 9.17) is 24.3 Å². The fourth-order valence-corrected chi connectivity index (χ4v) is 10.9. The molecule has 0 spiro atoms. The van der Waals surface area contributed by atoms with Gasteiger partial charge in [-0.1, -0.05) is 338 Å². The zero-order valence-electron chi connectivity index (χ0n) is 59.4. The van der Waals surface area contributed by atoms with Crippen molar-refractivity contribution in [3.63, 3.8) is 0 Å². The summed E-state index contributed by atoms with van der Waals surface area (Å²) < 4.78 is 33.2. The maximum absolute atomic E-state index is 12.8. The SMILES string of the molecule is CC/C=C\C/C=C\C/C=C\C/C=C\C/C=C\C/C=C\C/C=C\C/C=C\C/C=C\CCCCCCCC(=O)OC(COC(=O)CCCCCCCCCCCCCCCCCCCCCCCCC/C=C\C/C=C\C/C=C\C/C=C\C/C=C\CC)COP(=O)(O)OCCN. The van der Waals surface area contributed by atoms with Crippen molar-refractivity contribution in [3.05, 3.63) is 170 Å². The molecule has 0 saturated carbocycles. The standard InChI is InChI=1S/C83H138NO8P/c1-3-5-7-9-11-13-15-17-19-21-23-25-27-29-31-33-35-37-38-39-40-41-42-44-45-47-49-51-53-55-57-59-61-63-65-67-69-71-73-75-82(85)89-79-81(80-91-93(87,88)90-78-77-84)92-83(86)76-74-72-70-68-66-64-62-60-58-56-54-52-50-48-46-43-36-34-32-30-28-26-24-22-20-18-16-14-12-10-8-6-4-2/h5-8,11-14,17-20,23-26,29-32,36,43,48,50,54,56,60,62,81H,3-4,9-10,15-16,21-22,27-28,33-35,37-42,44-47,49,51-53,55,57-59,61,63-80,84H2,1-2H3,(H,87,88)/b7-5-,8-6-,13-11-,14-12-,19-17-,20-18-,25-23-,26-24-,31-29-,32-30-,43-36-,50-48-,56-54-,62-60-. The van der Waals surface area contributed by atoms with E-state index < -0.39 is 26.5 Å². The first-order valence-corrected chi connectivity index (χ1v) is 39.1. The number of allylic oxidation sites excluding steroid dienone is 28. The number of phosphoric acid groups is 1. The second-order valence-electron chi connectivity index (χ2n) is 24.4. The van der Waals surface area contributed by atoms with Crippen molar-refractivity contribution in [2.75, 3.05) is 26.4 Å². The number of hydrogen-bond acceptors (Lipinski definition) is 8. The highest BCUT2D eigenvalue weighted by atomic mass is 31.2. The summed E-state index contributed by atoms with van der Waals surface area (Å²) in [6, 6.07) is 0. The number of hydrogen-bond donors (Lipinski definition) is 2. The molecule has 0 aromatic rings. The van der Waals surface area contributed by atoms with E-state index in [0.717, 1.165) is 141 Å². The van der Waals surface area contributed by atoms with Gasteiger partial charge in [-0.15, -0.1) is 0 Å². The number of carbonyl (C=O) groups is 2. The molecule has 0 amide bonds. The molecule has 0 heterocycles. The van der Waals surface area contributed by atoms with Gasteiger partial charge in [0.1, 0.15) is 6.61 Å². The number of carbonyl (C=O) groups excluding carboxylic acids is 2. The molecule has 0 rings (SSSR count). The summed E-state index contributed by atoms with van der Waals surface area (Å²) in [4.78, 5) is 35.4. The van der Waals surface area contributed by atoms with E-state index in [9.17, 15) is 19.0 Å². The molecule has 0 saturated heterocycles. The van der Waals surface area contributed by atoms with Gasteiger partial charge in [0.15, 0.2) is 6.10 Å². The molecular formula is C83H138NO8P. The molecule has 10 heteroatoms. The Bertz CT molecular complexity index is 2140. The Kier molecular flexibility index (Phi) is 72.6. The Morgan fingerprint density at radius 1 is 0.323 bits per heavy atom. The summed E-state index contributed by atoms with van der Waals surface area (Å²) in [5, 5.41) is 0. The van der Waals surface area contributed by atoms with Crippen LogP contribution in [0.1, 0.15) is 309 Å². The van der Waals surface area contributed by atoms with Crippen molar-refractivity contribution >= 4 is 19.8 Å². The molecule has 0 aliphatic heterocycles. The van der Waals surface area contributed by atoms with Gasteiger partial charge >= 0.3 is 19.8 Å². The lowest BCUT2D eigenvalue weighted by Crippen LogP contribution is -2.29. The highest BCUT2D eigenvalue weighted by Crippen LogP contribution is 2.43. The number of phosphoric ester groups is 1. The molecule has 0 aromatic heterocycles. The summed E-state index contributed by atoms with van der Waals surface area (Å²) >= 11 is 0. The molecule has 9 nitrogen and oxygen atoms in total. The Hall–Kier alpha value is -4.63. The second kappa shape index (κ2) is 76.4. The molecule has 0 aromatic carbocycles. The van der Waals surface area contributed by atoms with Crippen LogP contribution < -0.4 is 5.73 Å². The minimum Gasteiger partial charge on any atom is -0.462 e. The predicted octanol–water partition coefficient (Wildman–Crippen LogP) is 25.3. The van der Waals surface area contributed by atoms with Gasteiger partial charge in [0.25, 0.3) is 0 Å². The monoisotopic (exact) mass is 1310 g/mol. The van der Waals surface area contributed by atoms with Gasteiger partial charge in [0, 0.05) is 19.4 Å². The molecule has 3 N–H and O–H groups in total. The van der Waals surface area contributed by atoms with Crippen LogP contribution in [0.3, 0.4) is 0 Å². The van der Waals surface area contributed by atoms with E-state index in [1.165, 1.54) is 135 Å². The minimum absolute atomic E-state index is 0.0431. The summed E-state index contributed by atoms with van der Waals surface area (Å²) in [6.45, 7) is 3.50. The summed E-state index contributed by atoms with van der Waals surface area (Å²) in [5.74, 6) is -0.850. The highest BCUT2D eigenvalue weighted by molar-refractivity contribution is 7.47. The van der Waals surface area contributed by atoms with E-state index in [-0.39, 0.29) is 38.6 Å². The molecule has 0 aliphatic rings. The van der Waals surface area contributed by atoms with Crippen molar-refractivity contribution in [1.29, 1.82) is 0 Å². The smallest absolute Gasteiger partial charge is 0.462 e. The molecule has 2 atom stereocenters. The van der Waals surface area contributed by atoms with Gasteiger partial charge in [0.05, 0.1) is 13.2 Å². The Morgan fingerprint density at radius 2 is 0.559 bits per heavy atom. The Balaban J connectivity index is 3.90. The summed E-state index contributed by atoms with van der Waals surface area (Å²) in [5.41, 5.74) is 5.41. The molecule has 0 radical (unpaired) electrons. The van der Waals surface area contributed by atoms with E-state index in [1.807, 2.05) is 0 Å². The van der Waals surface area contributed by atoms with Gasteiger partial charge in [-0.05, 0) is 128 Å². The van der Waals surface area contributed by atoms with E-state index in [0.29, 0.717) is 6.42 Å². The molecule has 0 fully saturated rings. The van der Waals surface area contributed by atoms with E-state index >= 15 is 0 Å². The van der Waals surface area contributed by atoms with Gasteiger partial charge in [-0.3, -0.25) is 18.6 Å². The Labute approximate surface area is 571 Å². The van der Waals surface area contributed by atoms with E-state index in [2.05, 4.69) is 184 Å². The minimum atomic E-state index is -4.41. The van der Waals surface area contributed by atoms with Crippen LogP contribution in [-0.2, 0) is 32.7 Å². The quantitative estimate of drug-likeness (QED) is 0.0264. The first-order valence-electron chi connectivity index (χ1n) is 37.6. The largest absolute Gasteiger partial charge is 0.472 e. The third-order valence-corrected chi connectivity index (χ3v) is 16.6. The fraction of sp³-hybridized carbons (Fsp3) is 0.639. The van der Waals surface area contributed by atoms with Crippen molar-refractivity contribution in [2.45, 2.75) is 315 Å². The van der Waals surface area contributed by atoms with Crippen molar-refractivity contribution in [2.24, 2.45) is 5.73 Å². The average Bonchev–Trinajstić information content (AvgIpc) is 3.32. The Morgan fingerprint density at radius 3 is 0.828 bits per heavy atom. The number of ether oxygens (including phenoxy) is 2. The lowest BCUT2D eigenvalue weighted by Gasteiger charge is -2.19. The lowest BCUT2D eigenvalue weighted by atomic mass is 10.0. The second-order valence-corrected chi connectivity index (χ2v) is 25.9. The highest BCUT2D eigenvalue weighted by Gasteiger charge is 2.26. The topological polar surface area (TPSA) is 134 Å². The third kappa shape index (κ3) is 76.3. The first-order chi connectivity index (χ1) is 45.8. The van der Waals surface area contributed by atoms with Crippen LogP contribution in [-0.4, -0.2) is 49.3 Å². The van der Waals surface area contributed by atoms with Crippen molar-refractivity contribution in [3.8, 4) is 0 Å². The van der Waals surface area contributed by atoms with Gasteiger partial charge < -0.3 is 20.1 Å². The summed E-state index contributed by atoms with van der Waals surface area (Å²) in [7, 11) is -4.41. The average molecular weight is 1310 g/mol. The molecule has 93 heavy (non-hydrogen) atoms. The van der Waals surface area contributed by atoms with Gasteiger partial charge in [-0.2, -0.15) is 0 Å². The molecule has 0 bridgehead atoms. The van der Waals surface area contributed by atoms with Gasteiger partial charge in [-0.25, -0.2) is 4.57 Å². The van der Waals surface area contributed by atoms with E-state index in [1.54, 1.807) is 0 Å². The van der Waals surface area contributed by atoms with Crippen LogP contribution in [0.4, 0.5) is 0 Å². The number of unbranched alkanes of at least 4 members (excludes halogenated alkanes) is 28. The predicted molar refractivity (Wildman–Crippen MR) is 403 cm³/mol. The molecular weight excluding hydrogens is 1170 g/mol. The third-order valence-electron chi connectivity index (χ3n) is 15.6. The van der Waals surface area contributed by atoms with Crippen molar-refractivity contribution in [1.82, 2.24) is 0 Å². The number of esters is 2. The maximum atomic E-state index is 12.8. The zero-order chi connectivity index (χ0) is 67.2. The van der Waals surface area contributed by atoms with Crippen LogP contribution >= 0.6 is 7.82 Å². The van der Waals surface area contributed by atoms with Crippen LogP contribution in [0.2, 0.25) is 0 Å². The lowest BCUT2D eigenvalue weighted by molar-refractivity contribution is -0.161. The normalized spacial score (nSPS) is 13.9. The fourth-order valence-electron chi connectivity index (χ4n) is 10.1. The van der Waals surface area contributed by atoms with Crippen LogP contribution in [0, 0.1) is 0 Å². The van der Waals surface area contributed by atoms with Crippen LogP contribution in [0.15, 0.2) is 170 Å². The van der Waals surface area contributed by atoms with Crippen LogP contribution in [0.25, 0.3) is 0 Å². The molecule has 528 valence electrons. The zero-order valence-corrected chi connectivity index (χ0v) is 60.3. The maximum Gasteiger partial charge on any atom is 0.472 e. The molecule has 0 aliphatic carbocycles. The number of nitrogens with two attached hydrogens (primary N) is 1. The molecule has 2 unspecified atom stereocenters. The van der Waals surface area contributed by atoms with Crippen LogP contribution in [0.5, 0.6) is 0 Å². The first kappa shape index (κ1) is 88.4.